The number of hydrogen-bond donors (Lipinski definition) is 4. The quantitative estimate of drug-likeness (QED) is 0.449. The molecule has 2 aromatic rings. The van der Waals surface area contributed by atoms with E-state index in [0.717, 1.165) is 48.4 Å². The number of hydrogen-bond acceptors (Lipinski definition) is 5. The fourth-order valence-corrected chi connectivity index (χ4v) is 2.95. The van der Waals surface area contributed by atoms with Gasteiger partial charge in [-0.2, -0.15) is 11.3 Å². The van der Waals surface area contributed by atoms with Gasteiger partial charge in [0.25, 0.3) is 0 Å². The summed E-state index contributed by atoms with van der Waals surface area (Å²) in [5.74, 6) is 0. The first-order valence-corrected chi connectivity index (χ1v) is 7.68. The summed E-state index contributed by atoms with van der Waals surface area (Å²) in [4.78, 5) is 0. The summed E-state index contributed by atoms with van der Waals surface area (Å²) < 4.78 is 0. The van der Waals surface area contributed by atoms with Crippen LogP contribution in [0.25, 0.3) is 11.1 Å². The molecular weight excluding hydrogens is 341 g/mol. The van der Waals surface area contributed by atoms with Gasteiger partial charge in [-0.05, 0) is 59.5 Å². The van der Waals surface area contributed by atoms with Crippen LogP contribution in [-0.4, -0.2) is 18.3 Å². The zero-order valence-electron chi connectivity index (χ0n) is 12.2. The van der Waals surface area contributed by atoms with E-state index in [0.29, 0.717) is 0 Å². The Kier molecular flexibility index (Phi) is 10.2. The first-order valence-electron chi connectivity index (χ1n) is 6.74. The Morgan fingerprint density at radius 2 is 1.82 bits per heavy atom. The lowest BCUT2D eigenvalue weighted by atomic mass is 10.0. The van der Waals surface area contributed by atoms with Gasteiger partial charge < -0.3 is 21.9 Å². The van der Waals surface area contributed by atoms with Crippen LogP contribution in [0.5, 0.6) is 0 Å². The van der Waals surface area contributed by atoms with Crippen molar-refractivity contribution in [2.24, 2.45) is 0 Å². The second kappa shape index (κ2) is 10.7. The van der Waals surface area contributed by atoms with Crippen molar-refractivity contribution in [2.75, 3.05) is 24.6 Å². The molecule has 4 nitrogen and oxygen atoms in total. The third kappa shape index (κ3) is 5.66. The van der Waals surface area contributed by atoms with E-state index in [4.69, 9.17) is 16.6 Å². The smallest absolute Gasteiger partial charge is 0.0431 e. The van der Waals surface area contributed by atoms with E-state index in [1.807, 2.05) is 18.2 Å². The van der Waals surface area contributed by atoms with Crippen LogP contribution in [0.4, 0.5) is 11.4 Å². The summed E-state index contributed by atoms with van der Waals surface area (Å²) in [6.45, 7) is 1.96. The maximum absolute atomic E-state index is 8.75. The minimum atomic E-state index is 0. The highest BCUT2D eigenvalue weighted by Crippen LogP contribution is 2.33. The Bertz CT molecular complexity index is 563. The van der Waals surface area contributed by atoms with Crippen LogP contribution in [0.3, 0.4) is 0 Å². The predicted molar refractivity (Wildman–Crippen MR) is 101 cm³/mol. The number of nitrogen functional groups attached to an aromatic ring is 2. The van der Waals surface area contributed by atoms with Crippen LogP contribution in [-0.2, 0) is 6.54 Å². The number of benzene rings is 1. The van der Waals surface area contributed by atoms with E-state index in [-0.39, 0.29) is 31.4 Å². The van der Waals surface area contributed by atoms with Crippen molar-refractivity contribution < 1.29 is 5.11 Å². The van der Waals surface area contributed by atoms with Crippen molar-refractivity contribution in [1.29, 1.82) is 0 Å². The van der Waals surface area contributed by atoms with Crippen molar-refractivity contribution in [3.8, 4) is 11.1 Å². The van der Waals surface area contributed by atoms with Crippen molar-refractivity contribution >= 4 is 47.5 Å². The Balaban J connectivity index is 0.00000220. The number of anilines is 2. The van der Waals surface area contributed by atoms with Gasteiger partial charge in [-0.15, -0.1) is 24.8 Å². The molecule has 0 aliphatic rings. The number of aliphatic hydroxyl groups is 1. The van der Waals surface area contributed by atoms with E-state index < -0.39 is 0 Å². The lowest BCUT2D eigenvalue weighted by Crippen LogP contribution is -2.15. The maximum Gasteiger partial charge on any atom is 0.0431 e. The Morgan fingerprint density at radius 3 is 2.55 bits per heavy atom. The summed E-state index contributed by atoms with van der Waals surface area (Å²) in [6.07, 6.45) is 1.82. The molecule has 0 unspecified atom stereocenters. The SMILES string of the molecule is Cl.Cl.Nc1ccc(N)c(-c2cscc2CNCCCCO)c1. The largest absolute Gasteiger partial charge is 0.399 e. The molecule has 1 heterocycles. The van der Waals surface area contributed by atoms with E-state index in [1.165, 1.54) is 5.56 Å². The van der Waals surface area contributed by atoms with Gasteiger partial charge in [0.2, 0.25) is 0 Å². The number of unbranched alkanes of at least 4 members (excludes halogenated alkanes) is 1. The van der Waals surface area contributed by atoms with Crippen molar-refractivity contribution in [2.45, 2.75) is 19.4 Å². The molecule has 0 aliphatic heterocycles. The lowest BCUT2D eigenvalue weighted by molar-refractivity contribution is 0.283. The molecule has 0 spiro atoms. The summed E-state index contributed by atoms with van der Waals surface area (Å²) >= 11 is 1.67. The van der Waals surface area contributed by atoms with Crippen LogP contribution < -0.4 is 16.8 Å². The molecule has 2 rings (SSSR count). The maximum atomic E-state index is 8.75. The molecule has 7 heteroatoms. The molecule has 0 saturated heterocycles. The van der Waals surface area contributed by atoms with Crippen molar-refractivity contribution in [1.82, 2.24) is 5.32 Å². The van der Waals surface area contributed by atoms with Crippen LogP contribution >= 0.6 is 36.2 Å². The van der Waals surface area contributed by atoms with Gasteiger partial charge in [0.05, 0.1) is 0 Å². The normalized spacial score (nSPS) is 9.86. The highest BCUT2D eigenvalue weighted by Gasteiger charge is 2.09. The summed E-state index contributed by atoms with van der Waals surface area (Å²) in [7, 11) is 0. The number of rotatable bonds is 7. The van der Waals surface area contributed by atoms with Crippen molar-refractivity contribution in [3.63, 3.8) is 0 Å². The van der Waals surface area contributed by atoms with E-state index in [2.05, 4.69) is 16.1 Å². The molecule has 0 atom stereocenters. The van der Waals surface area contributed by atoms with E-state index in [9.17, 15) is 0 Å². The predicted octanol–water partition coefficient (Wildman–Crippen LogP) is 3.29. The van der Waals surface area contributed by atoms with Crippen molar-refractivity contribution in [3.05, 3.63) is 34.5 Å². The Hall–Kier alpha value is -0.980. The minimum absolute atomic E-state index is 0. The first-order chi connectivity index (χ1) is 9.72. The van der Waals surface area contributed by atoms with E-state index in [1.54, 1.807) is 11.3 Å². The fraction of sp³-hybridized carbons (Fsp3) is 0.333. The van der Waals surface area contributed by atoms with Gasteiger partial charge in [0.1, 0.15) is 0 Å². The number of halogens is 2. The molecule has 1 aromatic carbocycles. The highest BCUT2D eigenvalue weighted by atomic mass is 35.5. The molecular formula is C15H23Cl2N3OS. The molecule has 0 fully saturated rings. The molecule has 6 N–H and O–H groups in total. The lowest BCUT2D eigenvalue weighted by Gasteiger charge is -2.09. The molecule has 0 bridgehead atoms. The molecule has 124 valence electrons. The average Bonchev–Trinajstić information content (AvgIpc) is 2.89. The van der Waals surface area contributed by atoms with Gasteiger partial charge >= 0.3 is 0 Å². The minimum Gasteiger partial charge on any atom is -0.399 e. The molecule has 1 aromatic heterocycles. The zero-order valence-corrected chi connectivity index (χ0v) is 14.7. The average molecular weight is 364 g/mol. The van der Waals surface area contributed by atoms with Gasteiger partial charge in [-0.25, -0.2) is 0 Å². The van der Waals surface area contributed by atoms with Crippen LogP contribution in [0, 0.1) is 0 Å². The first kappa shape index (κ1) is 21.0. The standard InChI is InChI=1S/C15H21N3OS.2ClH/c16-12-3-4-15(17)13(7-12)14-10-20-9-11(14)8-18-5-1-2-6-19;;/h3-4,7,9-10,18-19H,1-2,5-6,8,16-17H2;2*1H. The number of aliphatic hydroxyl groups excluding tert-OH is 1. The summed E-state index contributed by atoms with van der Waals surface area (Å²) in [5, 5.41) is 16.4. The third-order valence-electron chi connectivity index (χ3n) is 3.19. The highest BCUT2D eigenvalue weighted by molar-refractivity contribution is 7.08. The second-order valence-corrected chi connectivity index (χ2v) is 5.51. The van der Waals surface area contributed by atoms with Crippen LogP contribution in [0.2, 0.25) is 0 Å². The Morgan fingerprint density at radius 1 is 1.05 bits per heavy atom. The monoisotopic (exact) mass is 363 g/mol. The molecule has 0 radical (unpaired) electrons. The third-order valence-corrected chi connectivity index (χ3v) is 3.98. The summed E-state index contributed by atoms with van der Waals surface area (Å²) in [5.41, 5.74) is 16.7. The van der Waals surface area contributed by atoms with Gasteiger partial charge in [-0.1, -0.05) is 0 Å². The van der Waals surface area contributed by atoms with E-state index >= 15 is 0 Å². The second-order valence-electron chi connectivity index (χ2n) is 4.76. The topological polar surface area (TPSA) is 84.3 Å². The number of nitrogens with one attached hydrogen (secondary N) is 1. The number of thiophene rings is 1. The molecule has 0 aliphatic carbocycles. The van der Waals surface area contributed by atoms with Gasteiger partial charge in [-0.3, -0.25) is 0 Å². The van der Waals surface area contributed by atoms with Gasteiger partial charge in [0, 0.05) is 30.1 Å². The van der Waals surface area contributed by atoms with Gasteiger partial charge in [0.15, 0.2) is 0 Å². The molecule has 22 heavy (non-hydrogen) atoms. The Labute approximate surface area is 147 Å². The molecule has 0 saturated carbocycles. The van der Waals surface area contributed by atoms with Crippen LogP contribution in [0.1, 0.15) is 18.4 Å². The fourth-order valence-electron chi connectivity index (χ4n) is 2.09. The zero-order chi connectivity index (χ0) is 14.4. The molecule has 0 amide bonds. The number of nitrogens with two attached hydrogens (primary N) is 2. The van der Waals surface area contributed by atoms with Crippen LogP contribution in [0.15, 0.2) is 29.0 Å². The summed E-state index contributed by atoms with van der Waals surface area (Å²) in [6, 6.07) is 5.59.